The van der Waals surface area contributed by atoms with Crippen LogP contribution in [0.5, 0.6) is 5.75 Å². The number of rotatable bonds is 9. The Labute approximate surface area is 215 Å². The SMILES string of the molecule is CCCC(=O)n1c(=O)ccc2ccc(OCCCCN3CCN(c4cccc5sccc45)CC3)cc21. The second-order valence-electron chi connectivity index (χ2n) is 9.37. The van der Waals surface area contributed by atoms with Gasteiger partial charge in [-0.3, -0.25) is 14.5 Å². The molecule has 0 bridgehead atoms. The minimum Gasteiger partial charge on any atom is -0.494 e. The standard InChI is InChI=1S/C29H33N3O3S/c1-2-6-28(33)32-26-21-23(11-9-22(26)10-12-29(32)34)35-19-4-3-14-30-15-17-31(18-16-30)25-7-5-8-27-24(25)13-20-36-27/h5,7-13,20-21H,2-4,6,14-19H2,1H3. The highest BCUT2D eigenvalue weighted by molar-refractivity contribution is 7.17. The van der Waals surface area contributed by atoms with Crippen LogP contribution in [-0.2, 0) is 0 Å². The Kier molecular flexibility index (Phi) is 7.68. The Bertz CT molecular complexity index is 1400. The number of anilines is 1. The van der Waals surface area contributed by atoms with Crippen molar-refractivity contribution in [1.82, 2.24) is 9.47 Å². The number of piperazine rings is 1. The maximum atomic E-state index is 12.5. The molecule has 6 nitrogen and oxygen atoms in total. The average molecular weight is 504 g/mol. The van der Waals surface area contributed by atoms with Crippen molar-refractivity contribution in [2.45, 2.75) is 32.6 Å². The molecule has 0 aliphatic carbocycles. The van der Waals surface area contributed by atoms with Crippen molar-refractivity contribution in [3.05, 3.63) is 70.3 Å². The van der Waals surface area contributed by atoms with Crippen LogP contribution in [0, 0.1) is 0 Å². The van der Waals surface area contributed by atoms with Gasteiger partial charge in [-0.15, -0.1) is 11.3 Å². The first-order chi connectivity index (χ1) is 17.6. The zero-order valence-corrected chi connectivity index (χ0v) is 21.6. The van der Waals surface area contributed by atoms with Crippen LogP contribution in [0.15, 0.2) is 64.8 Å². The van der Waals surface area contributed by atoms with Crippen LogP contribution >= 0.6 is 11.3 Å². The Morgan fingerprint density at radius 3 is 2.67 bits per heavy atom. The van der Waals surface area contributed by atoms with Crippen LogP contribution in [0.4, 0.5) is 5.69 Å². The third-order valence-electron chi connectivity index (χ3n) is 6.91. The quantitative estimate of drug-likeness (QED) is 0.277. The molecule has 36 heavy (non-hydrogen) atoms. The van der Waals surface area contributed by atoms with Crippen LogP contribution in [0.3, 0.4) is 0 Å². The first-order valence-corrected chi connectivity index (χ1v) is 13.8. The lowest BCUT2D eigenvalue weighted by Crippen LogP contribution is -2.46. The van der Waals surface area contributed by atoms with Crippen LogP contribution in [0.1, 0.15) is 37.4 Å². The summed E-state index contributed by atoms with van der Waals surface area (Å²) < 4.78 is 8.63. The number of carbonyl (C=O) groups is 1. The van der Waals surface area contributed by atoms with Gasteiger partial charge in [0.15, 0.2) is 0 Å². The molecule has 4 aromatic rings. The molecule has 0 radical (unpaired) electrons. The van der Waals surface area contributed by atoms with E-state index in [1.54, 1.807) is 17.4 Å². The number of nitrogens with zero attached hydrogens (tertiary/aromatic N) is 3. The van der Waals surface area contributed by atoms with Crippen molar-refractivity contribution < 1.29 is 9.53 Å². The van der Waals surface area contributed by atoms with Gasteiger partial charge in [-0.25, -0.2) is 4.57 Å². The first kappa shape index (κ1) is 24.5. The van der Waals surface area contributed by atoms with E-state index in [-0.39, 0.29) is 11.5 Å². The summed E-state index contributed by atoms with van der Waals surface area (Å²) in [4.78, 5) is 29.9. The van der Waals surface area contributed by atoms with E-state index in [4.69, 9.17) is 4.74 Å². The van der Waals surface area contributed by atoms with E-state index >= 15 is 0 Å². The van der Waals surface area contributed by atoms with Gasteiger partial charge in [0.05, 0.1) is 12.1 Å². The van der Waals surface area contributed by atoms with Gasteiger partial charge in [0, 0.05) is 60.5 Å². The van der Waals surface area contributed by atoms with E-state index in [0.717, 1.165) is 51.0 Å². The largest absolute Gasteiger partial charge is 0.494 e. The van der Waals surface area contributed by atoms with E-state index in [0.29, 0.717) is 30.7 Å². The number of thiophene rings is 1. The molecule has 0 N–H and O–H groups in total. The highest BCUT2D eigenvalue weighted by Gasteiger charge is 2.18. The maximum Gasteiger partial charge on any atom is 0.257 e. The van der Waals surface area contributed by atoms with Crippen LogP contribution < -0.4 is 15.2 Å². The first-order valence-electron chi connectivity index (χ1n) is 12.9. The summed E-state index contributed by atoms with van der Waals surface area (Å²) in [5.41, 5.74) is 1.69. The molecule has 0 unspecified atom stereocenters. The third kappa shape index (κ3) is 5.32. The fourth-order valence-electron chi connectivity index (χ4n) is 4.98. The summed E-state index contributed by atoms with van der Waals surface area (Å²) in [6.45, 7) is 7.90. The molecule has 3 heterocycles. The molecule has 0 atom stereocenters. The molecule has 188 valence electrons. The molecule has 1 aliphatic heterocycles. The number of ether oxygens (including phenoxy) is 1. The topological polar surface area (TPSA) is 54.8 Å². The second-order valence-corrected chi connectivity index (χ2v) is 10.3. The molecule has 1 saturated heterocycles. The van der Waals surface area contributed by atoms with Crippen molar-refractivity contribution in [3.63, 3.8) is 0 Å². The van der Waals surface area contributed by atoms with Crippen LogP contribution in [0.25, 0.3) is 21.0 Å². The number of hydrogen-bond donors (Lipinski definition) is 0. The molecule has 0 saturated carbocycles. The number of pyridine rings is 1. The lowest BCUT2D eigenvalue weighted by atomic mass is 10.1. The Morgan fingerprint density at radius 1 is 1.00 bits per heavy atom. The number of benzene rings is 2. The summed E-state index contributed by atoms with van der Waals surface area (Å²) in [6, 6.07) is 17.7. The smallest absolute Gasteiger partial charge is 0.257 e. The van der Waals surface area contributed by atoms with Gasteiger partial charge in [0.1, 0.15) is 5.75 Å². The lowest BCUT2D eigenvalue weighted by Gasteiger charge is -2.36. The highest BCUT2D eigenvalue weighted by Crippen LogP contribution is 2.31. The molecule has 1 aliphatic rings. The summed E-state index contributed by atoms with van der Waals surface area (Å²) >= 11 is 1.81. The molecular formula is C29H33N3O3S. The van der Waals surface area contributed by atoms with Gasteiger partial charge in [-0.05, 0) is 73.0 Å². The zero-order valence-electron chi connectivity index (χ0n) is 20.8. The number of carbonyl (C=O) groups excluding carboxylic acids is 1. The summed E-state index contributed by atoms with van der Waals surface area (Å²) in [7, 11) is 0. The zero-order chi connectivity index (χ0) is 24.9. The van der Waals surface area contributed by atoms with E-state index in [9.17, 15) is 9.59 Å². The number of unbranched alkanes of at least 4 members (excludes halogenated alkanes) is 1. The minimum absolute atomic E-state index is 0.169. The van der Waals surface area contributed by atoms with Gasteiger partial charge < -0.3 is 9.64 Å². The molecule has 1 fully saturated rings. The molecule has 0 amide bonds. The third-order valence-corrected chi connectivity index (χ3v) is 7.79. The Morgan fingerprint density at radius 2 is 1.83 bits per heavy atom. The van der Waals surface area contributed by atoms with E-state index < -0.39 is 0 Å². The van der Waals surface area contributed by atoms with Crippen molar-refractivity contribution in [3.8, 4) is 5.75 Å². The van der Waals surface area contributed by atoms with Crippen LogP contribution in [-0.4, -0.2) is 54.7 Å². The summed E-state index contributed by atoms with van der Waals surface area (Å²) in [6.07, 6.45) is 3.09. The summed E-state index contributed by atoms with van der Waals surface area (Å²) in [5, 5.41) is 4.41. The fourth-order valence-corrected chi connectivity index (χ4v) is 5.79. The average Bonchev–Trinajstić information content (AvgIpc) is 3.38. The second kappa shape index (κ2) is 11.3. The maximum absolute atomic E-state index is 12.5. The van der Waals surface area contributed by atoms with Crippen molar-refractivity contribution >= 4 is 43.9 Å². The monoisotopic (exact) mass is 503 g/mol. The molecular weight excluding hydrogens is 470 g/mol. The molecule has 0 spiro atoms. The fraction of sp³-hybridized carbons (Fsp3) is 0.379. The Hall–Kier alpha value is -3.16. The van der Waals surface area contributed by atoms with E-state index in [2.05, 4.69) is 39.4 Å². The number of hydrogen-bond acceptors (Lipinski definition) is 6. The minimum atomic E-state index is -0.287. The van der Waals surface area contributed by atoms with Crippen molar-refractivity contribution in [1.29, 1.82) is 0 Å². The van der Waals surface area contributed by atoms with Gasteiger partial charge >= 0.3 is 0 Å². The van der Waals surface area contributed by atoms with E-state index in [1.165, 1.54) is 26.4 Å². The molecule has 2 aromatic carbocycles. The van der Waals surface area contributed by atoms with Crippen molar-refractivity contribution in [2.24, 2.45) is 0 Å². The van der Waals surface area contributed by atoms with Crippen molar-refractivity contribution in [2.75, 3.05) is 44.2 Å². The predicted octanol–water partition coefficient (Wildman–Crippen LogP) is 5.64. The van der Waals surface area contributed by atoms with Gasteiger partial charge in [-0.1, -0.05) is 13.0 Å². The van der Waals surface area contributed by atoms with Crippen LogP contribution in [0.2, 0.25) is 0 Å². The van der Waals surface area contributed by atoms with Gasteiger partial charge in [0.2, 0.25) is 5.91 Å². The Balaban J connectivity index is 1.10. The molecule has 5 rings (SSSR count). The number of fused-ring (bicyclic) bond motifs is 2. The number of aromatic nitrogens is 1. The van der Waals surface area contributed by atoms with E-state index in [1.807, 2.05) is 25.1 Å². The summed E-state index contributed by atoms with van der Waals surface area (Å²) in [5.74, 6) is 0.528. The lowest BCUT2D eigenvalue weighted by molar-refractivity contribution is 0.0903. The normalized spacial score (nSPS) is 14.5. The molecule has 2 aromatic heterocycles. The predicted molar refractivity (Wildman–Crippen MR) is 149 cm³/mol. The van der Waals surface area contributed by atoms with Gasteiger partial charge in [0.25, 0.3) is 5.56 Å². The van der Waals surface area contributed by atoms with Gasteiger partial charge in [-0.2, -0.15) is 0 Å². The highest BCUT2D eigenvalue weighted by atomic mass is 32.1. The molecule has 7 heteroatoms.